The summed E-state index contributed by atoms with van der Waals surface area (Å²) in [5, 5.41) is 3.36. The lowest BCUT2D eigenvalue weighted by Crippen LogP contribution is -2.17. The summed E-state index contributed by atoms with van der Waals surface area (Å²) < 4.78 is 18.2. The highest BCUT2D eigenvalue weighted by atomic mass is 35.5. The van der Waals surface area contributed by atoms with Crippen molar-refractivity contribution in [1.82, 2.24) is 0 Å². The van der Waals surface area contributed by atoms with E-state index in [4.69, 9.17) is 16.0 Å². The third-order valence-electron chi connectivity index (χ3n) is 2.42. The van der Waals surface area contributed by atoms with E-state index in [1.54, 1.807) is 18.4 Å². The summed E-state index contributed by atoms with van der Waals surface area (Å²) in [4.78, 5) is 0. The number of hydrogen-bond acceptors (Lipinski definition) is 2. The number of hydrogen-bond donors (Lipinski definition) is 1. The zero-order valence-electron chi connectivity index (χ0n) is 9.41. The van der Waals surface area contributed by atoms with E-state index in [-0.39, 0.29) is 11.1 Å². The van der Waals surface area contributed by atoms with Crippen molar-refractivity contribution in [1.29, 1.82) is 0 Å². The van der Waals surface area contributed by atoms with Crippen LogP contribution in [0.3, 0.4) is 0 Å². The fourth-order valence-corrected chi connectivity index (χ4v) is 1.83. The quantitative estimate of drug-likeness (QED) is 0.887. The SMILES string of the molecule is CC(Cc1ccco1)Nc1ccc(F)c(Cl)c1. The molecule has 4 heteroatoms. The topological polar surface area (TPSA) is 25.2 Å². The number of nitrogens with one attached hydrogen (secondary N) is 1. The summed E-state index contributed by atoms with van der Waals surface area (Å²) in [6, 6.07) is 8.56. The predicted octanol–water partition coefficient (Wildman–Crippen LogP) is 4.12. The van der Waals surface area contributed by atoms with Gasteiger partial charge in [0.2, 0.25) is 0 Å². The molecule has 2 nitrogen and oxygen atoms in total. The lowest BCUT2D eigenvalue weighted by Gasteiger charge is -2.14. The van der Waals surface area contributed by atoms with Crippen LogP contribution in [0.4, 0.5) is 10.1 Å². The van der Waals surface area contributed by atoms with Crippen LogP contribution in [0.25, 0.3) is 0 Å². The third kappa shape index (κ3) is 3.24. The summed E-state index contributed by atoms with van der Waals surface area (Å²) in [5.41, 5.74) is 0.801. The average molecular weight is 254 g/mol. The standard InChI is InChI=1S/C13H13ClFNO/c1-9(7-11-3-2-6-17-11)16-10-4-5-13(15)12(14)8-10/h2-6,8-9,16H,7H2,1H3. The van der Waals surface area contributed by atoms with Crippen LogP contribution < -0.4 is 5.32 Å². The van der Waals surface area contributed by atoms with Crippen LogP contribution in [0, 0.1) is 5.82 Å². The van der Waals surface area contributed by atoms with Gasteiger partial charge in [-0.2, -0.15) is 0 Å². The maximum Gasteiger partial charge on any atom is 0.141 e. The molecule has 1 heterocycles. The van der Waals surface area contributed by atoms with Gasteiger partial charge in [-0.05, 0) is 37.3 Å². The van der Waals surface area contributed by atoms with E-state index in [1.165, 1.54) is 6.07 Å². The van der Waals surface area contributed by atoms with Crippen molar-refractivity contribution in [2.45, 2.75) is 19.4 Å². The van der Waals surface area contributed by atoms with E-state index in [1.807, 2.05) is 19.1 Å². The Bertz CT molecular complexity index is 484. The minimum atomic E-state index is -0.407. The Balaban J connectivity index is 1.98. The minimum Gasteiger partial charge on any atom is -0.469 e. The minimum absolute atomic E-state index is 0.125. The molecule has 0 aliphatic heterocycles. The fraction of sp³-hybridized carbons (Fsp3) is 0.231. The van der Waals surface area contributed by atoms with Crippen molar-refractivity contribution in [2.24, 2.45) is 0 Å². The molecule has 1 aromatic heterocycles. The monoisotopic (exact) mass is 253 g/mol. The molecular weight excluding hydrogens is 241 g/mol. The smallest absolute Gasteiger partial charge is 0.141 e. The van der Waals surface area contributed by atoms with Gasteiger partial charge in [-0.15, -0.1) is 0 Å². The molecule has 0 aliphatic carbocycles. The van der Waals surface area contributed by atoms with Gasteiger partial charge in [-0.3, -0.25) is 0 Å². The Labute approximate surface area is 104 Å². The summed E-state index contributed by atoms with van der Waals surface area (Å²) >= 11 is 5.71. The predicted molar refractivity (Wildman–Crippen MR) is 66.9 cm³/mol. The van der Waals surface area contributed by atoms with Crippen LogP contribution >= 0.6 is 11.6 Å². The first-order valence-corrected chi connectivity index (χ1v) is 5.77. The Hall–Kier alpha value is -1.48. The van der Waals surface area contributed by atoms with Crippen molar-refractivity contribution in [2.75, 3.05) is 5.32 Å². The molecule has 0 radical (unpaired) electrons. The lowest BCUT2D eigenvalue weighted by molar-refractivity contribution is 0.498. The molecule has 1 aromatic carbocycles. The first-order chi connectivity index (χ1) is 8.15. The molecule has 0 spiro atoms. The van der Waals surface area contributed by atoms with Crippen LogP contribution in [0.5, 0.6) is 0 Å². The van der Waals surface area contributed by atoms with Crippen LogP contribution in [0.1, 0.15) is 12.7 Å². The van der Waals surface area contributed by atoms with Crippen LogP contribution in [-0.2, 0) is 6.42 Å². The Morgan fingerprint density at radius 2 is 2.24 bits per heavy atom. The summed E-state index contributed by atoms with van der Waals surface area (Å²) in [7, 11) is 0. The van der Waals surface area contributed by atoms with Gasteiger partial charge in [0, 0.05) is 18.2 Å². The van der Waals surface area contributed by atoms with E-state index in [2.05, 4.69) is 5.32 Å². The molecule has 2 aromatic rings. The number of benzene rings is 1. The highest BCUT2D eigenvalue weighted by molar-refractivity contribution is 6.31. The third-order valence-corrected chi connectivity index (χ3v) is 2.71. The van der Waals surface area contributed by atoms with Gasteiger partial charge in [0.15, 0.2) is 0 Å². The van der Waals surface area contributed by atoms with Gasteiger partial charge < -0.3 is 9.73 Å². The molecule has 0 saturated carbocycles. The largest absolute Gasteiger partial charge is 0.469 e. The molecule has 0 amide bonds. The van der Waals surface area contributed by atoms with Crippen molar-refractivity contribution in [3.63, 3.8) is 0 Å². The zero-order chi connectivity index (χ0) is 12.3. The number of anilines is 1. The van der Waals surface area contributed by atoms with Crippen molar-refractivity contribution < 1.29 is 8.81 Å². The summed E-state index contributed by atoms with van der Waals surface area (Å²) in [6.45, 7) is 2.03. The molecular formula is C13H13ClFNO. The Morgan fingerprint density at radius 1 is 1.41 bits per heavy atom. The van der Waals surface area contributed by atoms with E-state index < -0.39 is 5.82 Å². The molecule has 2 rings (SSSR count). The van der Waals surface area contributed by atoms with Gasteiger partial charge >= 0.3 is 0 Å². The molecule has 1 atom stereocenters. The fourth-order valence-electron chi connectivity index (χ4n) is 1.65. The summed E-state index contributed by atoms with van der Waals surface area (Å²) in [6.07, 6.45) is 2.42. The van der Waals surface area contributed by atoms with E-state index in [9.17, 15) is 4.39 Å². The molecule has 0 saturated heterocycles. The van der Waals surface area contributed by atoms with Crippen molar-refractivity contribution in [3.8, 4) is 0 Å². The zero-order valence-corrected chi connectivity index (χ0v) is 10.2. The van der Waals surface area contributed by atoms with Gasteiger partial charge in [-0.25, -0.2) is 4.39 Å². The molecule has 1 N–H and O–H groups in total. The second kappa shape index (κ2) is 5.23. The Kier molecular flexibility index (Phi) is 3.69. The maximum atomic E-state index is 13.0. The average Bonchev–Trinajstić information content (AvgIpc) is 2.76. The first-order valence-electron chi connectivity index (χ1n) is 5.39. The van der Waals surface area contributed by atoms with E-state index in [0.29, 0.717) is 0 Å². The highest BCUT2D eigenvalue weighted by Crippen LogP contribution is 2.20. The van der Waals surface area contributed by atoms with Gasteiger partial charge in [-0.1, -0.05) is 11.6 Å². The second-order valence-corrected chi connectivity index (χ2v) is 4.36. The summed E-state index contributed by atoms with van der Waals surface area (Å²) in [5.74, 6) is 0.508. The van der Waals surface area contributed by atoms with Gasteiger partial charge in [0.25, 0.3) is 0 Å². The number of furan rings is 1. The van der Waals surface area contributed by atoms with Crippen LogP contribution in [0.2, 0.25) is 5.02 Å². The maximum absolute atomic E-state index is 13.0. The van der Waals surface area contributed by atoms with E-state index >= 15 is 0 Å². The Morgan fingerprint density at radius 3 is 2.88 bits per heavy atom. The van der Waals surface area contributed by atoms with Gasteiger partial charge in [0.05, 0.1) is 11.3 Å². The van der Waals surface area contributed by atoms with Crippen LogP contribution in [0.15, 0.2) is 41.0 Å². The second-order valence-electron chi connectivity index (χ2n) is 3.96. The molecule has 1 unspecified atom stereocenters. The molecule has 0 bridgehead atoms. The van der Waals surface area contributed by atoms with Crippen LogP contribution in [-0.4, -0.2) is 6.04 Å². The van der Waals surface area contributed by atoms with Gasteiger partial charge in [0.1, 0.15) is 11.6 Å². The molecule has 90 valence electrons. The molecule has 0 fully saturated rings. The van der Waals surface area contributed by atoms with Crippen molar-refractivity contribution >= 4 is 17.3 Å². The van der Waals surface area contributed by atoms with E-state index in [0.717, 1.165) is 17.9 Å². The van der Waals surface area contributed by atoms with Crippen molar-refractivity contribution in [3.05, 3.63) is 53.2 Å². The molecule has 0 aliphatic rings. The molecule has 17 heavy (non-hydrogen) atoms. The first kappa shape index (κ1) is 12.0. The number of halogens is 2. The highest BCUT2D eigenvalue weighted by Gasteiger charge is 2.07. The normalized spacial score (nSPS) is 12.4. The number of rotatable bonds is 4. The lowest BCUT2D eigenvalue weighted by atomic mass is 10.2.